The van der Waals surface area contributed by atoms with Gasteiger partial charge in [0.15, 0.2) is 0 Å². The standard InChI is InChI=1S/C18H30N2/c1-5-17-7-6-9-20(17)10-8-18(19-4)16-12-14(2)11-15(3)13-16/h11-13,17-19H,5-10H2,1-4H3. The van der Waals surface area contributed by atoms with Gasteiger partial charge in [-0.05, 0) is 58.7 Å². The molecule has 0 amide bonds. The van der Waals surface area contributed by atoms with Crippen molar-refractivity contribution in [3.63, 3.8) is 0 Å². The summed E-state index contributed by atoms with van der Waals surface area (Å²) in [5.41, 5.74) is 4.18. The Bertz CT molecular complexity index is 407. The van der Waals surface area contributed by atoms with Crippen molar-refractivity contribution in [1.82, 2.24) is 10.2 Å². The lowest BCUT2D eigenvalue weighted by molar-refractivity contribution is 0.235. The fourth-order valence-electron chi connectivity index (χ4n) is 3.64. The highest BCUT2D eigenvalue weighted by Crippen LogP contribution is 2.24. The molecule has 2 nitrogen and oxygen atoms in total. The van der Waals surface area contributed by atoms with Crippen LogP contribution >= 0.6 is 0 Å². The van der Waals surface area contributed by atoms with E-state index in [1.165, 1.54) is 55.5 Å². The molecule has 2 heteroatoms. The molecule has 0 saturated carbocycles. The lowest BCUT2D eigenvalue weighted by Gasteiger charge is -2.26. The third-order valence-electron chi connectivity index (χ3n) is 4.67. The van der Waals surface area contributed by atoms with E-state index in [1.54, 1.807) is 0 Å². The van der Waals surface area contributed by atoms with Gasteiger partial charge in [-0.25, -0.2) is 0 Å². The zero-order valence-corrected chi connectivity index (χ0v) is 13.6. The van der Waals surface area contributed by atoms with Crippen LogP contribution in [0.25, 0.3) is 0 Å². The molecule has 0 radical (unpaired) electrons. The highest BCUT2D eigenvalue weighted by molar-refractivity contribution is 5.30. The number of benzene rings is 1. The van der Waals surface area contributed by atoms with Crippen LogP contribution in [0.4, 0.5) is 0 Å². The summed E-state index contributed by atoms with van der Waals surface area (Å²) >= 11 is 0. The first-order valence-electron chi connectivity index (χ1n) is 8.13. The zero-order chi connectivity index (χ0) is 14.5. The number of nitrogens with one attached hydrogen (secondary N) is 1. The van der Waals surface area contributed by atoms with Crippen LogP contribution in [0.5, 0.6) is 0 Å². The van der Waals surface area contributed by atoms with Gasteiger partial charge in [0.1, 0.15) is 0 Å². The average Bonchev–Trinajstić information content (AvgIpc) is 2.86. The zero-order valence-electron chi connectivity index (χ0n) is 13.6. The first-order valence-corrected chi connectivity index (χ1v) is 8.13. The van der Waals surface area contributed by atoms with Gasteiger partial charge in [-0.15, -0.1) is 0 Å². The number of aryl methyl sites for hydroxylation is 2. The molecule has 1 aromatic rings. The average molecular weight is 274 g/mol. The fraction of sp³-hybridized carbons (Fsp3) is 0.667. The predicted molar refractivity (Wildman–Crippen MR) is 87.2 cm³/mol. The smallest absolute Gasteiger partial charge is 0.0329 e. The Balaban J connectivity index is 1.98. The van der Waals surface area contributed by atoms with Gasteiger partial charge in [0, 0.05) is 18.6 Å². The first-order chi connectivity index (χ1) is 9.63. The second kappa shape index (κ2) is 7.24. The van der Waals surface area contributed by atoms with Crippen molar-refractivity contribution in [2.24, 2.45) is 0 Å². The van der Waals surface area contributed by atoms with E-state index < -0.39 is 0 Å². The van der Waals surface area contributed by atoms with E-state index in [4.69, 9.17) is 0 Å². The normalized spacial score (nSPS) is 21.3. The van der Waals surface area contributed by atoms with Crippen molar-refractivity contribution in [1.29, 1.82) is 0 Å². The number of rotatable bonds is 6. The summed E-state index contributed by atoms with van der Waals surface area (Å²) in [6, 6.07) is 8.22. The molecule has 0 aromatic heterocycles. The van der Waals surface area contributed by atoms with Crippen molar-refractivity contribution in [2.75, 3.05) is 20.1 Å². The molecule has 1 fully saturated rings. The highest BCUT2D eigenvalue weighted by atomic mass is 15.2. The van der Waals surface area contributed by atoms with Crippen molar-refractivity contribution >= 4 is 0 Å². The molecule has 1 aliphatic heterocycles. The van der Waals surface area contributed by atoms with E-state index in [-0.39, 0.29) is 0 Å². The maximum Gasteiger partial charge on any atom is 0.0329 e. The van der Waals surface area contributed by atoms with Crippen molar-refractivity contribution in [3.8, 4) is 0 Å². The highest BCUT2D eigenvalue weighted by Gasteiger charge is 2.23. The van der Waals surface area contributed by atoms with Crippen molar-refractivity contribution in [2.45, 2.75) is 58.5 Å². The maximum atomic E-state index is 3.50. The van der Waals surface area contributed by atoms with Crippen molar-refractivity contribution in [3.05, 3.63) is 34.9 Å². The summed E-state index contributed by atoms with van der Waals surface area (Å²) in [4.78, 5) is 2.69. The first kappa shape index (κ1) is 15.5. The monoisotopic (exact) mass is 274 g/mol. The van der Waals surface area contributed by atoms with E-state index in [9.17, 15) is 0 Å². The third kappa shape index (κ3) is 3.83. The van der Waals surface area contributed by atoms with Crippen molar-refractivity contribution < 1.29 is 0 Å². The molecular formula is C18H30N2. The molecule has 1 aromatic carbocycles. The second-order valence-electron chi connectivity index (χ2n) is 6.29. The van der Waals surface area contributed by atoms with Gasteiger partial charge in [0.05, 0.1) is 0 Å². The maximum absolute atomic E-state index is 3.50. The summed E-state index contributed by atoms with van der Waals surface area (Å²) in [5.74, 6) is 0. The number of nitrogens with zero attached hydrogens (tertiary/aromatic N) is 1. The van der Waals surface area contributed by atoms with Crippen LogP contribution in [-0.2, 0) is 0 Å². The largest absolute Gasteiger partial charge is 0.313 e. The predicted octanol–water partition coefficient (Wildman–Crippen LogP) is 3.83. The van der Waals surface area contributed by atoms with Gasteiger partial charge in [-0.1, -0.05) is 36.2 Å². The summed E-state index contributed by atoms with van der Waals surface area (Å²) < 4.78 is 0. The molecule has 0 bridgehead atoms. The van der Waals surface area contributed by atoms with Crippen LogP contribution in [0.2, 0.25) is 0 Å². The lowest BCUT2D eigenvalue weighted by Crippen LogP contribution is -2.32. The van der Waals surface area contributed by atoms with E-state index in [0.29, 0.717) is 6.04 Å². The van der Waals surface area contributed by atoms with E-state index >= 15 is 0 Å². The summed E-state index contributed by atoms with van der Waals surface area (Å²) in [6.07, 6.45) is 5.28. The van der Waals surface area contributed by atoms with Crippen LogP contribution in [-0.4, -0.2) is 31.1 Å². The Morgan fingerprint density at radius 1 is 1.25 bits per heavy atom. The molecule has 112 valence electrons. The number of likely N-dealkylation sites (tertiary alicyclic amines) is 1. The fourth-order valence-corrected chi connectivity index (χ4v) is 3.64. The topological polar surface area (TPSA) is 15.3 Å². The lowest BCUT2D eigenvalue weighted by atomic mass is 9.99. The van der Waals surface area contributed by atoms with Gasteiger partial charge < -0.3 is 10.2 Å². The molecule has 0 spiro atoms. The van der Waals surface area contributed by atoms with Gasteiger partial charge in [-0.3, -0.25) is 0 Å². The summed E-state index contributed by atoms with van der Waals surface area (Å²) in [5, 5.41) is 3.50. The minimum absolute atomic E-state index is 0.478. The molecule has 1 N–H and O–H groups in total. The molecule has 0 aliphatic carbocycles. The van der Waals surface area contributed by atoms with E-state index in [1.807, 2.05) is 0 Å². The second-order valence-corrected chi connectivity index (χ2v) is 6.29. The minimum Gasteiger partial charge on any atom is -0.313 e. The van der Waals surface area contributed by atoms with Gasteiger partial charge >= 0.3 is 0 Å². The molecule has 2 unspecified atom stereocenters. The Kier molecular flexibility index (Phi) is 5.62. The Morgan fingerprint density at radius 2 is 1.95 bits per heavy atom. The van der Waals surface area contributed by atoms with Gasteiger partial charge in [-0.2, -0.15) is 0 Å². The number of hydrogen-bond donors (Lipinski definition) is 1. The van der Waals surface area contributed by atoms with Gasteiger partial charge in [0.2, 0.25) is 0 Å². The molecule has 1 aliphatic rings. The molecule has 1 heterocycles. The van der Waals surface area contributed by atoms with Crippen LogP contribution < -0.4 is 5.32 Å². The Morgan fingerprint density at radius 3 is 2.55 bits per heavy atom. The quantitative estimate of drug-likeness (QED) is 0.848. The molecule has 1 saturated heterocycles. The Hall–Kier alpha value is -0.860. The van der Waals surface area contributed by atoms with Crippen LogP contribution in [0, 0.1) is 13.8 Å². The van der Waals surface area contributed by atoms with E-state index in [0.717, 1.165) is 6.04 Å². The Labute approximate surface area is 124 Å². The van der Waals surface area contributed by atoms with Crippen LogP contribution in [0.15, 0.2) is 18.2 Å². The summed E-state index contributed by atoms with van der Waals surface area (Å²) in [7, 11) is 2.09. The molecule has 2 atom stereocenters. The van der Waals surface area contributed by atoms with Crippen LogP contribution in [0.1, 0.15) is 55.3 Å². The molecule has 2 rings (SSSR count). The van der Waals surface area contributed by atoms with E-state index in [2.05, 4.69) is 56.2 Å². The molecule has 20 heavy (non-hydrogen) atoms. The molecular weight excluding hydrogens is 244 g/mol. The number of hydrogen-bond acceptors (Lipinski definition) is 2. The third-order valence-corrected chi connectivity index (χ3v) is 4.67. The SMILES string of the molecule is CCC1CCCN1CCC(NC)c1cc(C)cc(C)c1. The van der Waals surface area contributed by atoms with Gasteiger partial charge in [0.25, 0.3) is 0 Å². The van der Waals surface area contributed by atoms with Crippen LogP contribution in [0.3, 0.4) is 0 Å². The summed E-state index contributed by atoms with van der Waals surface area (Å²) in [6.45, 7) is 9.22. The minimum atomic E-state index is 0.478.